The van der Waals surface area contributed by atoms with Gasteiger partial charge < -0.3 is 25.0 Å². The summed E-state index contributed by atoms with van der Waals surface area (Å²) < 4.78 is 23.9. The van der Waals surface area contributed by atoms with Crippen molar-refractivity contribution in [2.45, 2.75) is 19.9 Å². The number of ether oxygens (including phenoxy) is 2. The van der Waals surface area contributed by atoms with Crippen LogP contribution in [0.1, 0.15) is 18.9 Å². The van der Waals surface area contributed by atoms with Crippen LogP contribution in [-0.2, 0) is 11.3 Å². The summed E-state index contributed by atoms with van der Waals surface area (Å²) in [6, 6.07) is 9.64. The summed E-state index contributed by atoms with van der Waals surface area (Å²) in [7, 11) is 3.82. The smallest absolute Gasteiger partial charge is 0.219 e. The summed E-state index contributed by atoms with van der Waals surface area (Å²) in [4.78, 5) is 11.1. The fraction of sp³-hybridized carbons (Fsp3) is 0.455. The van der Waals surface area contributed by atoms with Gasteiger partial charge in [0, 0.05) is 58.2 Å². The van der Waals surface area contributed by atoms with Crippen molar-refractivity contribution in [2.24, 2.45) is 4.99 Å². The van der Waals surface area contributed by atoms with Crippen LogP contribution in [0.5, 0.6) is 11.6 Å². The largest absolute Gasteiger partial charge is 0.439 e. The van der Waals surface area contributed by atoms with Gasteiger partial charge in [0.2, 0.25) is 5.88 Å². The normalized spacial score (nSPS) is 11.2. The fourth-order valence-corrected chi connectivity index (χ4v) is 2.68. The lowest BCUT2D eigenvalue weighted by atomic mass is 10.3. The number of hydrogen-bond donors (Lipinski definition) is 2. The van der Waals surface area contributed by atoms with Gasteiger partial charge in [0.1, 0.15) is 11.6 Å². The number of nitrogens with one attached hydrogen (secondary N) is 2. The van der Waals surface area contributed by atoms with E-state index in [9.17, 15) is 4.39 Å². The number of aliphatic imine (C=N–C) groups is 1. The third kappa shape index (κ3) is 11.3. The van der Waals surface area contributed by atoms with E-state index in [1.165, 1.54) is 12.1 Å². The highest BCUT2D eigenvalue weighted by atomic mass is 127. The van der Waals surface area contributed by atoms with Crippen molar-refractivity contribution < 1.29 is 13.9 Å². The third-order valence-corrected chi connectivity index (χ3v) is 4.25. The van der Waals surface area contributed by atoms with E-state index in [0.29, 0.717) is 18.2 Å². The number of methoxy groups -OCH3 is 1. The highest BCUT2D eigenvalue weighted by Gasteiger charge is 2.03. The molecule has 1 aromatic carbocycles. The minimum absolute atomic E-state index is 0. The van der Waals surface area contributed by atoms with Gasteiger partial charge in [0.25, 0.3) is 0 Å². The molecule has 0 fully saturated rings. The standard InChI is InChI=1S/C22H32FN5O2.HI/c1-4-24-22(25-11-13-28(2)12-6-14-29-3)27-17-18-9-10-21(26-16-18)30-20-8-5-7-19(23)15-20;/h5,7-10,15-16H,4,6,11-14,17H2,1-3H3,(H2,24,25,27);1H. The fourth-order valence-electron chi connectivity index (χ4n) is 2.68. The molecule has 1 aromatic heterocycles. The molecule has 1 heterocycles. The number of aromatic nitrogens is 1. The average molecular weight is 545 g/mol. The SMILES string of the molecule is CCNC(=NCc1ccc(Oc2cccc(F)c2)nc1)NCCN(C)CCCOC.I. The van der Waals surface area contributed by atoms with Gasteiger partial charge in [-0.15, -0.1) is 24.0 Å². The molecule has 0 bridgehead atoms. The van der Waals surface area contributed by atoms with Gasteiger partial charge in [-0.3, -0.25) is 0 Å². The number of likely N-dealkylation sites (N-methyl/N-ethyl adjacent to an activating group) is 1. The second kappa shape index (κ2) is 15.8. The maximum atomic E-state index is 13.2. The van der Waals surface area contributed by atoms with Gasteiger partial charge >= 0.3 is 0 Å². The molecule has 0 radical (unpaired) electrons. The first-order valence-electron chi connectivity index (χ1n) is 10.2. The maximum Gasteiger partial charge on any atom is 0.219 e. The monoisotopic (exact) mass is 545 g/mol. The first-order valence-corrected chi connectivity index (χ1v) is 10.2. The van der Waals surface area contributed by atoms with Gasteiger partial charge in [-0.05, 0) is 38.1 Å². The maximum absolute atomic E-state index is 13.2. The minimum Gasteiger partial charge on any atom is -0.439 e. The van der Waals surface area contributed by atoms with Crippen LogP contribution in [0.3, 0.4) is 0 Å². The Labute approximate surface area is 201 Å². The topological polar surface area (TPSA) is 71.0 Å². The number of guanidine groups is 1. The highest BCUT2D eigenvalue weighted by molar-refractivity contribution is 14.0. The number of hydrogen-bond acceptors (Lipinski definition) is 5. The Kier molecular flexibility index (Phi) is 13.8. The molecule has 9 heteroatoms. The number of pyridine rings is 1. The van der Waals surface area contributed by atoms with E-state index < -0.39 is 0 Å². The Morgan fingerprint density at radius 1 is 1.19 bits per heavy atom. The third-order valence-electron chi connectivity index (χ3n) is 4.25. The van der Waals surface area contributed by atoms with Gasteiger partial charge in [-0.25, -0.2) is 14.4 Å². The zero-order valence-corrected chi connectivity index (χ0v) is 20.8. The van der Waals surface area contributed by atoms with E-state index in [2.05, 4.69) is 32.6 Å². The van der Waals surface area contributed by atoms with Crippen LogP contribution < -0.4 is 15.4 Å². The lowest BCUT2D eigenvalue weighted by molar-refractivity contribution is 0.180. The molecule has 7 nitrogen and oxygen atoms in total. The quantitative estimate of drug-likeness (QED) is 0.184. The molecule has 0 aliphatic heterocycles. The van der Waals surface area contributed by atoms with Gasteiger partial charge in [0.05, 0.1) is 6.54 Å². The average Bonchev–Trinajstić information content (AvgIpc) is 2.73. The number of rotatable bonds is 12. The van der Waals surface area contributed by atoms with E-state index in [1.807, 2.05) is 13.0 Å². The Morgan fingerprint density at radius 3 is 2.71 bits per heavy atom. The molecule has 0 atom stereocenters. The highest BCUT2D eigenvalue weighted by Crippen LogP contribution is 2.20. The van der Waals surface area contributed by atoms with Crippen LogP contribution in [0.25, 0.3) is 0 Å². The van der Waals surface area contributed by atoms with Crippen LogP contribution in [0.4, 0.5) is 4.39 Å². The van der Waals surface area contributed by atoms with Gasteiger partial charge in [0.15, 0.2) is 5.96 Å². The Bertz CT molecular complexity index is 777. The van der Waals surface area contributed by atoms with Gasteiger partial charge in [-0.1, -0.05) is 12.1 Å². The van der Waals surface area contributed by atoms with Crippen molar-refractivity contribution in [3.8, 4) is 11.6 Å². The summed E-state index contributed by atoms with van der Waals surface area (Å²) in [5.41, 5.74) is 0.954. The molecule has 0 amide bonds. The summed E-state index contributed by atoms with van der Waals surface area (Å²) in [5, 5.41) is 6.59. The van der Waals surface area contributed by atoms with E-state index in [-0.39, 0.29) is 29.8 Å². The summed E-state index contributed by atoms with van der Waals surface area (Å²) in [6.07, 6.45) is 2.73. The molecule has 0 saturated heterocycles. The Balaban J connectivity index is 0.00000480. The van der Waals surface area contributed by atoms with Crippen LogP contribution >= 0.6 is 24.0 Å². The minimum atomic E-state index is -0.344. The van der Waals surface area contributed by atoms with Crippen LogP contribution in [0.2, 0.25) is 0 Å². The zero-order chi connectivity index (χ0) is 21.6. The van der Waals surface area contributed by atoms with Crippen molar-refractivity contribution in [1.82, 2.24) is 20.5 Å². The molecular weight excluding hydrogens is 512 g/mol. The van der Waals surface area contributed by atoms with Crippen molar-refractivity contribution in [3.63, 3.8) is 0 Å². The molecule has 2 rings (SSSR count). The van der Waals surface area contributed by atoms with Gasteiger partial charge in [-0.2, -0.15) is 0 Å². The zero-order valence-electron chi connectivity index (χ0n) is 18.4. The van der Waals surface area contributed by atoms with E-state index in [4.69, 9.17) is 9.47 Å². The number of nitrogens with zero attached hydrogens (tertiary/aromatic N) is 3. The molecular formula is C22H33FIN5O2. The molecule has 172 valence electrons. The van der Waals surface area contributed by atoms with Crippen molar-refractivity contribution in [1.29, 1.82) is 0 Å². The Hall–Kier alpha value is -1.98. The molecule has 31 heavy (non-hydrogen) atoms. The molecule has 0 aliphatic carbocycles. The number of halogens is 2. The van der Waals surface area contributed by atoms with Crippen LogP contribution in [0.15, 0.2) is 47.6 Å². The predicted octanol–water partition coefficient (Wildman–Crippen LogP) is 3.65. The van der Waals surface area contributed by atoms with E-state index >= 15 is 0 Å². The molecule has 0 aliphatic rings. The molecule has 2 aromatic rings. The molecule has 0 spiro atoms. The second-order valence-corrected chi connectivity index (χ2v) is 6.84. The van der Waals surface area contributed by atoms with Crippen molar-refractivity contribution in [3.05, 3.63) is 54.0 Å². The van der Waals surface area contributed by atoms with Crippen LogP contribution in [-0.4, -0.2) is 62.8 Å². The van der Waals surface area contributed by atoms with Crippen LogP contribution in [0, 0.1) is 5.82 Å². The molecule has 0 saturated carbocycles. The lowest BCUT2D eigenvalue weighted by Crippen LogP contribution is -2.41. The number of benzene rings is 1. The molecule has 0 unspecified atom stereocenters. The van der Waals surface area contributed by atoms with E-state index in [1.54, 1.807) is 31.5 Å². The van der Waals surface area contributed by atoms with E-state index in [0.717, 1.165) is 50.7 Å². The lowest BCUT2D eigenvalue weighted by Gasteiger charge is -2.18. The predicted molar refractivity (Wildman–Crippen MR) is 133 cm³/mol. The van der Waals surface area contributed by atoms with Crippen molar-refractivity contribution >= 4 is 29.9 Å². The second-order valence-electron chi connectivity index (χ2n) is 6.84. The Morgan fingerprint density at radius 2 is 2.03 bits per heavy atom. The molecule has 2 N–H and O–H groups in total. The first kappa shape index (κ1) is 27.1. The summed E-state index contributed by atoms with van der Waals surface area (Å²) in [5.74, 6) is 1.25. The van der Waals surface area contributed by atoms with Crippen molar-refractivity contribution in [2.75, 3.05) is 46.9 Å². The summed E-state index contributed by atoms with van der Waals surface area (Å²) in [6.45, 7) is 6.81. The first-order chi connectivity index (χ1) is 14.6. The summed E-state index contributed by atoms with van der Waals surface area (Å²) >= 11 is 0.